The molecule has 8 heteroatoms. The SMILES string of the molecule is C[Si](C)(C)PCCP[Si](C)(C)C.C[Si](C)(C)[N-][Si](C)(C)C.[Nd]. The first kappa shape index (κ1) is 29.8. The molecule has 22 heavy (non-hydrogen) atoms. The van der Waals surface area contributed by atoms with Crippen LogP contribution < -0.4 is 0 Å². The van der Waals surface area contributed by atoms with Gasteiger partial charge in [-0.3, -0.25) is 0 Å². The van der Waals surface area contributed by atoms with E-state index in [9.17, 15) is 0 Å². The third-order valence-corrected chi connectivity index (χ3v) is 19.0. The molecule has 0 bridgehead atoms. The van der Waals surface area contributed by atoms with Crippen molar-refractivity contribution < 1.29 is 40.8 Å². The van der Waals surface area contributed by atoms with Crippen LogP contribution in [-0.2, 0) is 0 Å². The Hall–Kier alpha value is 3.04. The summed E-state index contributed by atoms with van der Waals surface area (Å²) in [7, 11) is -1.03. The summed E-state index contributed by atoms with van der Waals surface area (Å²) < 4.78 is 4.82. The number of nitrogens with zero attached hydrogens (tertiary/aromatic N) is 1. The molecule has 0 rings (SSSR count). The quantitative estimate of drug-likeness (QED) is 0.186. The van der Waals surface area contributed by atoms with E-state index in [1.165, 1.54) is 28.6 Å². The first-order valence-electron chi connectivity index (χ1n) is 8.15. The molecule has 0 aromatic rings. The molecule has 0 saturated carbocycles. The first-order valence-corrected chi connectivity index (χ1v) is 26.5. The minimum Gasteiger partial charge on any atom is -0.668 e. The Morgan fingerprint density at radius 3 is 0.864 bits per heavy atom. The third-order valence-electron chi connectivity index (χ3n) is 2.11. The monoisotopic (exact) mass is 540 g/mol. The first-order chi connectivity index (χ1) is 8.91. The molecule has 0 aliphatic carbocycles. The maximum absolute atomic E-state index is 4.82. The molecule has 0 radical (unpaired) electrons. The number of hydrogen-bond acceptors (Lipinski definition) is 0. The second-order valence-corrected chi connectivity index (χ2v) is 41.2. The van der Waals surface area contributed by atoms with E-state index in [1.54, 1.807) is 0 Å². The molecule has 0 N–H and O–H groups in total. The minimum atomic E-state index is -1.11. The van der Waals surface area contributed by atoms with Crippen molar-refractivity contribution in [2.45, 2.75) is 78.6 Å². The van der Waals surface area contributed by atoms with Gasteiger partial charge in [-0.1, -0.05) is 95.0 Å². The van der Waals surface area contributed by atoms with Crippen LogP contribution in [0.5, 0.6) is 0 Å². The van der Waals surface area contributed by atoms with Crippen LogP contribution in [0.4, 0.5) is 0 Å². The molecule has 2 atom stereocenters. The van der Waals surface area contributed by atoms with E-state index in [1.807, 2.05) is 0 Å². The summed E-state index contributed by atoms with van der Waals surface area (Å²) >= 11 is 0. The van der Waals surface area contributed by atoms with Gasteiger partial charge in [0, 0.05) is 40.8 Å². The Labute approximate surface area is 182 Å². The summed E-state index contributed by atoms with van der Waals surface area (Å²) in [6, 6.07) is 0. The van der Waals surface area contributed by atoms with Crippen molar-refractivity contribution in [2.75, 3.05) is 12.3 Å². The van der Waals surface area contributed by atoms with E-state index in [4.69, 9.17) is 4.65 Å². The third kappa shape index (κ3) is 34.4. The average molecular weight is 543 g/mol. The van der Waals surface area contributed by atoms with Crippen LogP contribution in [0.1, 0.15) is 0 Å². The van der Waals surface area contributed by atoms with Crippen molar-refractivity contribution in [2.24, 2.45) is 0 Å². The summed E-state index contributed by atoms with van der Waals surface area (Å²) in [4.78, 5) is 0. The number of hydrogen-bond donors (Lipinski definition) is 0. The fourth-order valence-electron chi connectivity index (χ4n) is 1.88. The zero-order valence-corrected chi connectivity index (χ0v) is 26.6. The van der Waals surface area contributed by atoms with E-state index in [0.29, 0.717) is 0 Å². The summed E-state index contributed by atoms with van der Waals surface area (Å²) in [5.74, 6) is 0. The summed E-state index contributed by atoms with van der Waals surface area (Å²) in [5, 5.41) is 0. The second kappa shape index (κ2) is 12.4. The van der Waals surface area contributed by atoms with Crippen LogP contribution in [-0.4, -0.2) is 44.3 Å². The standard InChI is InChI=1S/C8H24P2Si2.C6H18NSi2.Nd/c1-11(2,3)9-7-8-10-12(4,5)6;1-8(2,3)7-9(4,5)6;/h9-10H,7-8H2,1-6H3;1-6H3;/q;-1;. The van der Waals surface area contributed by atoms with E-state index >= 15 is 0 Å². The second-order valence-electron chi connectivity index (χ2n) is 9.81. The summed E-state index contributed by atoms with van der Waals surface area (Å²) in [6.45, 7) is 28.7. The van der Waals surface area contributed by atoms with Crippen molar-refractivity contribution in [1.29, 1.82) is 0 Å². The fourth-order valence-corrected chi connectivity index (χ4v) is 19.2. The molecule has 0 heterocycles. The molecule has 0 saturated heterocycles. The van der Waals surface area contributed by atoms with Gasteiger partial charge in [-0.2, -0.15) is 0 Å². The topological polar surface area (TPSA) is 14.1 Å². The van der Waals surface area contributed by atoms with Gasteiger partial charge < -0.3 is 4.65 Å². The van der Waals surface area contributed by atoms with E-state index in [0.717, 1.165) is 0 Å². The molecule has 0 spiro atoms. The van der Waals surface area contributed by atoms with Gasteiger partial charge in [-0.15, -0.1) is 16.3 Å². The van der Waals surface area contributed by atoms with Gasteiger partial charge in [0.25, 0.3) is 0 Å². The number of rotatable bonds is 7. The predicted molar refractivity (Wildman–Crippen MR) is 123 cm³/mol. The van der Waals surface area contributed by atoms with Crippen LogP contribution in [0.2, 0.25) is 78.6 Å². The van der Waals surface area contributed by atoms with Crippen molar-refractivity contribution in [1.82, 2.24) is 0 Å². The van der Waals surface area contributed by atoms with Crippen molar-refractivity contribution >= 4 is 48.2 Å². The average Bonchev–Trinajstić information content (AvgIpc) is 2.04. The van der Waals surface area contributed by atoms with Crippen LogP contribution in [0.25, 0.3) is 4.65 Å². The van der Waals surface area contributed by atoms with Gasteiger partial charge in [-0.25, -0.2) is 0 Å². The van der Waals surface area contributed by atoms with Gasteiger partial charge in [-0.05, 0) is 12.3 Å². The van der Waals surface area contributed by atoms with E-state index in [2.05, 4.69) is 78.6 Å². The summed E-state index contributed by atoms with van der Waals surface area (Å²) in [5.41, 5.74) is 0. The van der Waals surface area contributed by atoms with Crippen LogP contribution in [0.15, 0.2) is 0 Å². The maximum atomic E-state index is 4.82. The van der Waals surface area contributed by atoms with E-state index in [-0.39, 0.29) is 40.8 Å². The molecule has 134 valence electrons. The predicted octanol–water partition coefficient (Wildman–Crippen LogP) is 7.04. The largest absolute Gasteiger partial charge is 0.668 e. The Bertz CT molecular complexity index is 251. The zero-order valence-electron chi connectivity index (χ0n) is 17.4. The Balaban J connectivity index is -0.000000326. The molecule has 2 unspecified atom stereocenters. The van der Waals surface area contributed by atoms with E-state index < -0.39 is 32.0 Å². The smallest absolute Gasteiger partial charge is 0.0685 e. The Morgan fingerprint density at radius 2 is 0.773 bits per heavy atom. The van der Waals surface area contributed by atoms with Gasteiger partial charge in [0.15, 0.2) is 0 Å². The summed E-state index contributed by atoms with van der Waals surface area (Å²) in [6.07, 6.45) is 3.05. The fraction of sp³-hybridized carbons (Fsp3) is 1.00. The molecule has 0 aromatic heterocycles. The van der Waals surface area contributed by atoms with Gasteiger partial charge in [0.05, 0.1) is 15.5 Å². The maximum Gasteiger partial charge on any atom is 0.0685 e. The van der Waals surface area contributed by atoms with Crippen LogP contribution in [0, 0.1) is 40.8 Å². The van der Waals surface area contributed by atoms with Gasteiger partial charge in [0.1, 0.15) is 0 Å². The molecule has 1 nitrogen and oxygen atoms in total. The van der Waals surface area contributed by atoms with Gasteiger partial charge in [0.2, 0.25) is 0 Å². The molecule has 0 aliphatic heterocycles. The Morgan fingerprint density at radius 1 is 0.545 bits per heavy atom. The minimum absolute atomic E-state index is 0. The molecule has 0 amide bonds. The molecule has 0 fully saturated rings. The van der Waals surface area contributed by atoms with Crippen molar-refractivity contribution in [3.8, 4) is 0 Å². The zero-order chi connectivity index (χ0) is 17.5. The van der Waals surface area contributed by atoms with Crippen LogP contribution >= 0.6 is 16.3 Å². The van der Waals surface area contributed by atoms with Crippen LogP contribution in [0.3, 0.4) is 0 Å². The normalized spacial score (nSPS) is 14.2. The molecular formula is C14H42NNdP2Si4-. The Kier molecular flexibility index (Phi) is 16.8. The molecule has 0 aliphatic rings. The molecular weight excluding hydrogens is 501 g/mol. The van der Waals surface area contributed by atoms with Gasteiger partial charge >= 0.3 is 0 Å². The van der Waals surface area contributed by atoms with Crippen molar-refractivity contribution in [3.05, 3.63) is 4.65 Å². The molecule has 0 aromatic carbocycles. The van der Waals surface area contributed by atoms with Crippen molar-refractivity contribution in [3.63, 3.8) is 0 Å².